The van der Waals surface area contributed by atoms with Gasteiger partial charge in [0, 0.05) is 45.8 Å². The number of guanidine groups is 1. The lowest BCUT2D eigenvalue weighted by Crippen LogP contribution is -2.44. The smallest absolute Gasteiger partial charge is 0.194 e. The van der Waals surface area contributed by atoms with Gasteiger partial charge in [0.1, 0.15) is 5.76 Å². The van der Waals surface area contributed by atoms with Gasteiger partial charge in [0.15, 0.2) is 17.5 Å². The van der Waals surface area contributed by atoms with Crippen molar-refractivity contribution in [3.8, 4) is 11.5 Å². The lowest BCUT2D eigenvalue weighted by Gasteiger charge is -2.32. The Bertz CT molecular complexity index is 805. The maximum Gasteiger partial charge on any atom is 0.194 e. The van der Waals surface area contributed by atoms with Gasteiger partial charge in [0.05, 0.1) is 20.5 Å². The summed E-state index contributed by atoms with van der Waals surface area (Å²) >= 11 is 0. The number of aliphatic imine (C=N–C) groups is 1. The number of benzene rings is 1. The number of methoxy groups -OCH3 is 2. The first-order chi connectivity index (χ1) is 14.7. The Morgan fingerprint density at radius 3 is 2.70 bits per heavy atom. The van der Waals surface area contributed by atoms with E-state index in [1.165, 1.54) is 11.1 Å². The fourth-order valence-electron chi connectivity index (χ4n) is 3.58. The summed E-state index contributed by atoms with van der Waals surface area (Å²) in [6, 6.07) is 8.09. The van der Waals surface area contributed by atoms with Gasteiger partial charge < -0.3 is 28.8 Å². The fraction of sp³-hybridized carbons (Fsp3) is 0.522. The van der Waals surface area contributed by atoms with Crippen LogP contribution in [-0.4, -0.2) is 57.9 Å². The van der Waals surface area contributed by atoms with Gasteiger partial charge in [-0.25, -0.2) is 0 Å². The maximum atomic E-state index is 5.49. The minimum atomic E-state index is 0.735. The van der Waals surface area contributed by atoms with Gasteiger partial charge in [0.2, 0.25) is 0 Å². The normalized spacial score (nSPS) is 13.8. The zero-order valence-corrected chi connectivity index (χ0v) is 18.3. The van der Waals surface area contributed by atoms with Gasteiger partial charge in [-0.05, 0) is 55.2 Å². The highest BCUT2D eigenvalue weighted by Crippen LogP contribution is 2.33. The molecule has 2 aromatic rings. The molecular weight excluding hydrogens is 382 g/mol. The van der Waals surface area contributed by atoms with E-state index < -0.39 is 0 Å². The molecule has 30 heavy (non-hydrogen) atoms. The van der Waals surface area contributed by atoms with E-state index >= 15 is 0 Å². The summed E-state index contributed by atoms with van der Waals surface area (Å²) in [5.74, 6) is 3.45. The van der Waals surface area contributed by atoms with E-state index in [0.29, 0.717) is 0 Å². The monoisotopic (exact) mass is 415 g/mol. The first-order valence-electron chi connectivity index (χ1n) is 10.6. The molecule has 164 valence electrons. The molecule has 2 heterocycles. The highest BCUT2D eigenvalue weighted by molar-refractivity contribution is 5.80. The second kappa shape index (κ2) is 11.5. The van der Waals surface area contributed by atoms with Crippen LogP contribution >= 0.6 is 0 Å². The SMILES string of the molecule is CCOCCCN=C(NCCc1ccco1)N1CCc2cc(OC)c(OC)cc2C1. The number of hydrogen-bond acceptors (Lipinski definition) is 5. The Balaban J connectivity index is 1.68. The van der Waals surface area contributed by atoms with Crippen LogP contribution in [0.15, 0.2) is 39.9 Å². The molecule has 7 heteroatoms. The Morgan fingerprint density at radius 2 is 2.00 bits per heavy atom. The molecule has 0 amide bonds. The van der Waals surface area contributed by atoms with Crippen molar-refractivity contribution in [3.05, 3.63) is 47.4 Å². The van der Waals surface area contributed by atoms with Crippen LogP contribution in [-0.2, 0) is 24.1 Å². The van der Waals surface area contributed by atoms with Crippen molar-refractivity contribution >= 4 is 5.96 Å². The second-order valence-corrected chi connectivity index (χ2v) is 7.16. The summed E-state index contributed by atoms with van der Waals surface area (Å²) in [5.41, 5.74) is 2.55. The lowest BCUT2D eigenvalue weighted by molar-refractivity contribution is 0.146. The van der Waals surface area contributed by atoms with Crippen molar-refractivity contribution in [1.29, 1.82) is 0 Å². The molecule has 7 nitrogen and oxygen atoms in total. The maximum absolute atomic E-state index is 5.49. The molecule has 0 fully saturated rings. The molecule has 1 aromatic heterocycles. The molecule has 1 aromatic carbocycles. The topological polar surface area (TPSA) is 68.5 Å². The summed E-state index contributed by atoms with van der Waals surface area (Å²) in [7, 11) is 3.35. The van der Waals surface area contributed by atoms with E-state index in [9.17, 15) is 0 Å². The predicted molar refractivity (Wildman–Crippen MR) is 117 cm³/mol. The van der Waals surface area contributed by atoms with Crippen molar-refractivity contribution in [2.24, 2.45) is 4.99 Å². The Kier molecular flexibility index (Phi) is 8.44. The number of furan rings is 1. The Labute approximate surface area is 179 Å². The molecule has 1 aliphatic rings. The van der Waals surface area contributed by atoms with Crippen molar-refractivity contribution in [2.75, 3.05) is 47.1 Å². The van der Waals surface area contributed by atoms with Crippen molar-refractivity contribution < 1.29 is 18.6 Å². The average molecular weight is 416 g/mol. The molecule has 0 bridgehead atoms. The molecule has 0 saturated heterocycles. The Hall–Kier alpha value is -2.67. The van der Waals surface area contributed by atoms with Crippen molar-refractivity contribution in [2.45, 2.75) is 32.7 Å². The standard InChI is InChI=1S/C23H33N3O4/c1-4-29-13-6-10-24-23(25-11-8-20-7-5-14-30-20)26-12-9-18-15-21(27-2)22(28-3)16-19(18)17-26/h5,7,14-16H,4,6,8-13,17H2,1-3H3,(H,24,25). The molecule has 3 rings (SSSR count). The van der Waals surface area contributed by atoms with Gasteiger partial charge in [0.25, 0.3) is 0 Å². The molecule has 0 unspecified atom stereocenters. The number of rotatable bonds is 10. The third kappa shape index (κ3) is 5.92. The van der Waals surface area contributed by atoms with E-state index in [2.05, 4.69) is 22.3 Å². The lowest BCUT2D eigenvalue weighted by atomic mass is 9.99. The summed E-state index contributed by atoms with van der Waals surface area (Å²) in [6.45, 7) is 6.69. The summed E-state index contributed by atoms with van der Waals surface area (Å²) in [4.78, 5) is 7.15. The minimum Gasteiger partial charge on any atom is -0.493 e. The first-order valence-corrected chi connectivity index (χ1v) is 10.6. The van der Waals surface area contributed by atoms with Gasteiger partial charge in [-0.1, -0.05) is 0 Å². The van der Waals surface area contributed by atoms with Crippen LogP contribution in [0.25, 0.3) is 0 Å². The van der Waals surface area contributed by atoms with Crippen LogP contribution in [0.5, 0.6) is 11.5 Å². The fourth-order valence-corrected chi connectivity index (χ4v) is 3.58. The van der Waals surface area contributed by atoms with E-state index in [-0.39, 0.29) is 0 Å². The van der Waals surface area contributed by atoms with Crippen molar-refractivity contribution in [1.82, 2.24) is 10.2 Å². The van der Waals surface area contributed by atoms with Crippen LogP contribution in [0, 0.1) is 0 Å². The average Bonchev–Trinajstić information content (AvgIpc) is 3.30. The summed E-state index contributed by atoms with van der Waals surface area (Å²) in [5, 5.41) is 3.52. The summed E-state index contributed by atoms with van der Waals surface area (Å²) < 4.78 is 21.8. The van der Waals surface area contributed by atoms with Gasteiger partial charge >= 0.3 is 0 Å². The first kappa shape index (κ1) is 22.0. The van der Waals surface area contributed by atoms with Crippen LogP contribution < -0.4 is 14.8 Å². The second-order valence-electron chi connectivity index (χ2n) is 7.16. The minimum absolute atomic E-state index is 0.735. The molecule has 0 saturated carbocycles. The van der Waals surface area contributed by atoms with E-state index in [1.54, 1.807) is 20.5 Å². The number of fused-ring (bicyclic) bond motifs is 1. The number of nitrogens with zero attached hydrogens (tertiary/aromatic N) is 2. The zero-order chi connectivity index (χ0) is 21.2. The molecule has 1 aliphatic heterocycles. The van der Waals surface area contributed by atoms with Crippen molar-refractivity contribution in [3.63, 3.8) is 0 Å². The molecule has 1 N–H and O–H groups in total. The van der Waals surface area contributed by atoms with E-state index in [1.807, 2.05) is 19.1 Å². The van der Waals surface area contributed by atoms with Gasteiger partial charge in [-0.3, -0.25) is 4.99 Å². The van der Waals surface area contributed by atoms with E-state index in [0.717, 1.165) is 81.9 Å². The van der Waals surface area contributed by atoms with Crippen LogP contribution in [0.1, 0.15) is 30.2 Å². The quantitative estimate of drug-likeness (QED) is 0.365. The third-order valence-electron chi connectivity index (χ3n) is 5.16. The molecule has 0 spiro atoms. The molecule has 0 aliphatic carbocycles. The molecule has 0 atom stereocenters. The highest BCUT2D eigenvalue weighted by Gasteiger charge is 2.21. The number of nitrogens with one attached hydrogen (secondary N) is 1. The van der Waals surface area contributed by atoms with E-state index in [4.69, 9.17) is 23.6 Å². The predicted octanol–water partition coefficient (Wildman–Crippen LogP) is 3.27. The largest absolute Gasteiger partial charge is 0.493 e. The molecule has 0 radical (unpaired) electrons. The molecular formula is C23H33N3O4. The van der Waals surface area contributed by atoms with Crippen LogP contribution in [0.2, 0.25) is 0 Å². The zero-order valence-electron chi connectivity index (χ0n) is 18.3. The number of hydrogen-bond donors (Lipinski definition) is 1. The third-order valence-corrected chi connectivity index (χ3v) is 5.16. The van der Waals surface area contributed by atoms with Crippen LogP contribution in [0.3, 0.4) is 0 Å². The van der Waals surface area contributed by atoms with Crippen LogP contribution in [0.4, 0.5) is 0 Å². The van der Waals surface area contributed by atoms with Gasteiger partial charge in [-0.2, -0.15) is 0 Å². The number of ether oxygens (including phenoxy) is 3. The summed E-state index contributed by atoms with van der Waals surface area (Å²) in [6.07, 6.45) is 4.38. The van der Waals surface area contributed by atoms with Gasteiger partial charge in [-0.15, -0.1) is 0 Å². The highest BCUT2D eigenvalue weighted by atomic mass is 16.5. The Morgan fingerprint density at radius 1 is 1.20 bits per heavy atom.